The average molecular weight is 391 g/mol. The van der Waals surface area contributed by atoms with Crippen molar-refractivity contribution in [2.75, 3.05) is 5.32 Å². The van der Waals surface area contributed by atoms with Crippen LogP contribution < -0.4 is 5.32 Å². The third kappa shape index (κ3) is 3.43. The molecule has 0 spiro atoms. The van der Waals surface area contributed by atoms with Gasteiger partial charge in [0.05, 0.1) is 10.5 Å². The van der Waals surface area contributed by atoms with Gasteiger partial charge in [0.15, 0.2) is 5.58 Å². The van der Waals surface area contributed by atoms with Crippen molar-refractivity contribution in [1.29, 1.82) is 0 Å². The Morgan fingerprint density at radius 1 is 1.14 bits per heavy atom. The summed E-state index contributed by atoms with van der Waals surface area (Å²) in [6.45, 7) is 1.52. The molecule has 1 heterocycles. The molecule has 0 saturated carbocycles. The van der Waals surface area contributed by atoms with Gasteiger partial charge < -0.3 is 9.73 Å². The zero-order chi connectivity index (χ0) is 20.5. The fraction of sp³-hybridized carbons (Fsp3) is 0.0476. The van der Waals surface area contributed by atoms with Gasteiger partial charge >= 0.3 is 0 Å². The Hall–Kier alpha value is -4.07. The van der Waals surface area contributed by atoms with Gasteiger partial charge in [-0.2, -0.15) is 0 Å². The standard InChI is InChI=1S/C21H14FN3O4/c1-12-14(6-4-8-18(12)25(27)28)20(26)23-13-9-10-19-17(11-13)24-21(29-19)15-5-2-3-7-16(15)22/h2-11H,1H3,(H,23,26). The van der Waals surface area contributed by atoms with Crippen LogP contribution in [0.2, 0.25) is 0 Å². The normalized spacial score (nSPS) is 10.8. The van der Waals surface area contributed by atoms with Gasteiger partial charge in [-0.15, -0.1) is 0 Å². The zero-order valence-corrected chi connectivity index (χ0v) is 15.2. The van der Waals surface area contributed by atoms with Crippen LogP contribution in [0.25, 0.3) is 22.6 Å². The summed E-state index contributed by atoms with van der Waals surface area (Å²) in [4.78, 5) is 27.4. The summed E-state index contributed by atoms with van der Waals surface area (Å²) in [5.41, 5.74) is 1.90. The number of nitrogens with one attached hydrogen (secondary N) is 1. The maximum absolute atomic E-state index is 14.0. The number of carbonyl (C=O) groups excluding carboxylic acids is 1. The molecule has 3 aromatic carbocycles. The smallest absolute Gasteiger partial charge is 0.273 e. The van der Waals surface area contributed by atoms with Crippen LogP contribution in [0.3, 0.4) is 0 Å². The number of anilines is 1. The van der Waals surface area contributed by atoms with E-state index < -0.39 is 16.6 Å². The number of nitro groups is 1. The zero-order valence-electron chi connectivity index (χ0n) is 15.2. The molecule has 7 nitrogen and oxygen atoms in total. The number of benzene rings is 3. The highest BCUT2D eigenvalue weighted by Gasteiger charge is 2.18. The van der Waals surface area contributed by atoms with Crippen molar-refractivity contribution in [2.24, 2.45) is 0 Å². The number of rotatable bonds is 4. The van der Waals surface area contributed by atoms with Gasteiger partial charge in [0.25, 0.3) is 11.6 Å². The molecular formula is C21H14FN3O4. The van der Waals surface area contributed by atoms with Gasteiger partial charge in [-0.1, -0.05) is 18.2 Å². The molecule has 1 N–H and O–H groups in total. The summed E-state index contributed by atoms with van der Waals surface area (Å²) >= 11 is 0. The van der Waals surface area contributed by atoms with Crippen molar-refractivity contribution < 1.29 is 18.5 Å². The fourth-order valence-corrected chi connectivity index (χ4v) is 3.02. The third-order valence-corrected chi connectivity index (χ3v) is 4.50. The summed E-state index contributed by atoms with van der Waals surface area (Å²) in [5, 5.41) is 13.8. The Kier molecular flexibility index (Phi) is 4.52. The number of carbonyl (C=O) groups is 1. The van der Waals surface area contributed by atoms with Crippen LogP contribution in [-0.4, -0.2) is 15.8 Å². The fourth-order valence-electron chi connectivity index (χ4n) is 3.02. The second kappa shape index (κ2) is 7.16. The first-order chi connectivity index (χ1) is 13.9. The Morgan fingerprint density at radius 3 is 2.69 bits per heavy atom. The molecule has 29 heavy (non-hydrogen) atoms. The molecule has 0 radical (unpaired) electrons. The minimum absolute atomic E-state index is 0.126. The van der Waals surface area contributed by atoms with E-state index in [1.807, 2.05) is 0 Å². The second-order valence-electron chi connectivity index (χ2n) is 6.34. The first-order valence-electron chi connectivity index (χ1n) is 8.65. The average Bonchev–Trinajstić information content (AvgIpc) is 3.11. The van der Waals surface area contributed by atoms with Crippen LogP contribution in [0.4, 0.5) is 15.8 Å². The highest BCUT2D eigenvalue weighted by molar-refractivity contribution is 6.06. The van der Waals surface area contributed by atoms with E-state index in [4.69, 9.17) is 4.42 Å². The SMILES string of the molecule is Cc1c(C(=O)Nc2ccc3oc(-c4ccccc4F)nc3c2)cccc1[N+](=O)[O-]. The second-order valence-corrected chi connectivity index (χ2v) is 6.34. The monoisotopic (exact) mass is 391 g/mol. The van der Waals surface area contributed by atoms with Crippen LogP contribution in [-0.2, 0) is 0 Å². The summed E-state index contributed by atoms with van der Waals surface area (Å²) in [6.07, 6.45) is 0. The third-order valence-electron chi connectivity index (χ3n) is 4.50. The summed E-state index contributed by atoms with van der Waals surface area (Å²) in [5.74, 6) is -0.798. The van der Waals surface area contributed by atoms with Crippen LogP contribution in [0.15, 0.2) is 65.1 Å². The van der Waals surface area contributed by atoms with Crippen LogP contribution in [0, 0.1) is 22.9 Å². The van der Waals surface area contributed by atoms with Gasteiger partial charge in [0.2, 0.25) is 5.89 Å². The van der Waals surface area contributed by atoms with Crippen molar-refractivity contribution in [3.8, 4) is 11.5 Å². The molecule has 0 saturated heterocycles. The van der Waals surface area contributed by atoms with E-state index in [0.29, 0.717) is 16.8 Å². The molecule has 0 aliphatic heterocycles. The van der Waals surface area contributed by atoms with E-state index in [2.05, 4.69) is 10.3 Å². The van der Waals surface area contributed by atoms with Crippen molar-refractivity contribution >= 4 is 28.4 Å². The molecule has 0 aliphatic rings. The predicted octanol–water partition coefficient (Wildman–Crippen LogP) is 5.10. The number of nitro benzene ring substituents is 1. The first-order valence-corrected chi connectivity index (χ1v) is 8.65. The lowest BCUT2D eigenvalue weighted by Gasteiger charge is -2.07. The number of fused-ring (bicyclic) bond motifs is 1. The Labute approximate surface area is 164 Å². The van der Waals surface area contributed by atoms with E-state index in [-0.39, 0.29) is 28.3 Å². The lowest BCUT2D eigenvalue weighted by molar-refractivity contribution is -0.385. The van der Waals surface area contributed by atoms with E-state index in [1.165, 1.54) is 31.2 Å². The molecule has 1 aromatic heterocycles. The molecule has 1 amide bonds. The summed E-state index contributed by atoms with van der Waals surface area (Å²) < 4.78 is 19.6. The van der Waals surface area contributed by atoms with Crippen molar-refractivity contribution in [3.63, 3.8) is 0 Å². The van der Waals surface area contributed by atoms with Crippen LogP contribution in [0.1, 0.15) is 15.9 Å². The van der Waals surface area contributed by atoms with Crippen molar-refractivity contribution in [3.05, 3.63) is 87.7 Å². The van der Waals surface area contributed by atoms with E-state index in [9.17, 15) is 19.3 Å². The topological polar surface area (TPSA) is 98.3 Å². The Morgan fingerprint density at radius 2 is 1.93 bits per heavy atom. The minimum atomic E-state index is -0.530. The van der Waals surface area contributed by atoms with Crippen molar-refractivity contribution in [1.82, 2.24) is 4.98 Å². The number of halogens is 1. The van der Waals surface area contributed by atoms with Gasteiger partial charge in [0.1, 0.15) is 11.3 Å². The Balaban J connectivity index is 1.64. The molecular weight excluding hydrogens is 377 g/mol. The van der Waals surface area contributed by atoms with Gasteiger partial charge in [-0.25, -0.2) is 9.37 Å². The van der Waals surface area contributed by atoms with E-state index in [1.54, 1.807) is 36.4 Å². The molecule has 0 aliphatic carbocycles. The number of aromatic nitrogens is 1. The van der Waals surface area contributed by atoms with Gasteiger partial charge in [-0.05, 0) is 43.3 Å². The van der Waals surface area contributed by atoms with Crippen LogP contribution >= 0.6 is 0 Å². The maximum Gasteiger partial charge on any atom is 0.273 e. The molecule has 4 aromatic rings. The molecule has 4 rings (SSSR count). The molecule has 0 unspecified atom stereocenters. The largest absolute Gasteiger partial charge is 0.436 e. The number of hydrogen-bond acceptors (Lipinski definition) is 5. The molecule has 0 fully saturated rings. The summed E-state index contributed by atoms with van der Waals surface area (Å²) in [7, 11) is 0. The first kappa shape index (κ1) is 18.3. The maximum atomic E-state index is 14.0. The Bertz CT molecular complexity index is 1270. The lowest BCUT2D eigenvalue weighted by atomic mass is 10.1. The van der Waals surface area contributed by atoms with Crippen molar-refractivity contribution in [2.45, 2.75) is 6.92 Å². The van der Waals surface area contributed by atoms with Gasteiger partial charge in [0, 0.05) is 22.9 Å². The predicted molar refractivity (Wildman–Crippen MR) is 105 cm³/mol. The quantitative estimate of drug-likeness (QED) is 0.385. The molecule has 0 atom stereocenters. The lowest BCUT2D eigenvalue weighted by Crippen LogP contribution is -2.14. The summed E-state index contributed by atoms with van der Waals surface area (Å²) in [6, 6.07) is 15.3. The highest BCUT2D eigenvalue weighted by atomic mass is 19.1. The minimum Gasteiger partial charge on any atom is -0.436 e. The number of amides is 1. The number of oxazole rings is 1. The highest BCUT2D eigenvalue weighted by Crippen LogP contribution is 2.28. The molecule has 0 bridgehead atoms. The molecule has 8 heteroatoms. The number of nitrogens with zero attached hydrogens (tertiary/aromatic N) is 2. The van der Waals surface area contributed by atoms with Gasteiger partial charge in [-0.3, -0.25) is 14.9 Å². The number of hydrogen-bond donors (Lipinski definition) is 1. The van der Waals surface area contributed by atoms with E-state index >= 15 is 0 Å². The molecule has 144 valence electrons. The van der Waals surface area contributed by atoms with Crippen LogP contribution in [0.5, 0.6) is 0 Å². The van der Waals surface area contributed by atoms with E-state index in [0.717, 1.165) is 0 Å².